The monoisotopic (exact) mass is 497 g/mol. The molecule has 0 aliphatic rings. The van der Waals surface area contributed by atoms with Crippen molar-refractivity contribution in [2.75, 3.05) is 13.1 Å². The van der Waals surface area contributed by atoms with Crippen LogP contribution in [0.3, 0.4) is 0 Å². The minimum Gasteiger partial charge on any atom is -0.444 e. The summed E-state index contributed by atoms with van der Waals surface area (Å²) in [5.41, 5.74) is 1.77. The molecule has 6 nitrogen and oxygen atoms in total. The van der Waals surface area contributed by atoms with Gasteiger partial charge in [-0.1, -0.05) is 18.2 Å². The van der Waals surface area contributed by atoms with Gasteiger partial charge < -0.3 is 15.1 Å². The Balaban J connectivity index is 0.00000261. The normalized spacial score (nSPS) is 11.1. The van der Waals surface area contributed by atoms with Gasteiger partial charge in [0.1, 0.15) is 12.0 Å². The number of oxazole rings is 1. The minimum absolute atomic E-state index is 0. The molecular weight excluding hydrogens is 473 g/mol. The van der Waals surface area contributed by atoms with Crippen LogP contribution in [-0.4, -0.2) is 29.0 Å². The molecule has 0 spiro atoms. The van der Waals surface area contributed by atoms with Gasteiger partial charge in [-0.3, -0.25) is 0 Å². The number of aliphatic imine (C=N–C) groups is 1. The number of benzene rings is 1. The summed E-state index contributed by atoms with van der Waals surface area (Å²) >= 11 is 1.73. The quantitative estimate of drug-likeness (QED) is 0.293. The second-order valence-corrected chi connectivity index (χ2v) is 7.07. The maximum Gasteiger partial charge on any atom is 0.226 e. The number of aryl methyl sites for hydroxylation is 1. The van der Waals surface area contributed by atoms with E-state index in [-0.39, 0.29) is 24.0 Å². The molecule has 0 radical (unpaired) electrons. The molecule has 8 heteroatoms. The smallest absolute Gasteiger partial charge is 0.226 e. The first-order chi connectivity index (χ1) is 12.7. The molecule has 3 aromatic rings. The van der Waals surface area contributed by atoms with E-state index in [1.807, 2.05) is 43.5 Å². The fourth-order valence-electron chi connectivity index (χ4n) is 2.40. The molecular formula is C19H24IN5OS. The summed E-state index contributed by atoms with van der Waals surface area (Å²) in [5, 5.41) is 7.71. The van der Waals surface area contributed by atoms with Crippen molar-refractivity contribution >= 4 is 41.3 Å². The summed E-state index contributed by atoms with van der Waals surface area (Å²) in [6.07, 6.45) is 4.45. The maximum atomic E-state index is 5.56. The lowest BCUT2D eigenvalue weighted by Gasteiger charge is -2.10. The standard InChI is InChI=1S/C19H23N5OS.HI/c1-3-20-19(21-10-9-17-22-11-14(2)26-17)23-12-16-13-25-18(24-16)15-7-5-4-6-8-15;/h4-8,11,13H,3,9-10,12H2,1-2H3,(H2,20,21,23);1H. The molecule has 144 valence electrons. The largest absolute Gasteiger partial charge is 0.444 e. The maximum absolute atomic E-state index is 5.56. The van der Waals surface area contributed by atoms with Crippen molar-refractivity contribution < 1.29 is 4.42 Å². The van der Waals surface area contributed by atoms with Crippen molar-refractivity contribution in [1.82, 2.24) is 20.6 Å². The highest BCUT2D eigenvalue weighted by atomic mass is 127. The number of nitrogens with one attached hydrogen (secondary N) is 2. The summed E-state index contributed by atoms with van der Waals surface area (Å²) in [5.74, 6) is 1.39. The molecule has 0 aliphatic heterocycles. The number of hydrogen-bond donors (Lipinski definition) is 2. The van der Waals surface area contributed by atoms with Crippen LogP contribution in [0.15, 0.2) is 52.2 Å². The Morgan fingerprint density at radius 1 is 1.22 bits per heavy atom. The molecule has 0 aliphatic carbocycles. The third kappa shape index (κ3) is 6.62. The first-order valence-electron chi connectivity index (χ1n) is 8.68. The zero-order chi connectivity index (χ0) is 18.2. The molecule has 0 atom stereocenters. The van der Waals surface area contributed by atoms with Gasteiger partial charge >= 0.3 is 0 Å². The van der Waals surface area contributed by atoms with E-state index in [1.165, 1.54) is 4.88 Å². The Morgan fingerprint density at radius 3 is 2.74 bits per heavy atom. The highest BCUT2D eigenvalue weighted by molar-refractivity contribution is 14.0. The SMILES string of the molecule is CCNC(=NCc1coc(-c2ccccc2)n1)NCCc1ncc(C)s1.I. The Bertz CT molecular complexity index is 847. The van der Waals surface area contributed by atoms with Crippen molar-refractivity contribution in [3.63, 3.8) is 0 Å². The lowest BCUT2D eigenvalue weighted by molar-refractivity contribution is 0.572. The number of hydrogen-bond acceptors (Lipinski definition) is 5. The summed E-state index contributed by atoms with van der Waals surface area (Å²) in [6.45, 7) is 6.16. The first kappa shape index (κ1) is 21.4. The van der Waals surface area contributed by atoms with Gasteiger partial charge in [0, 0.05) is 36.1 Å². The van der Waals surface area contributed by atoms with Gasteiger partial charge in [-0.25, -0.2) is 15.0 Å². The molecule has 0 unspecified atom stereocenters. The summed E-state index contributed by atoms with van der Waals surface area (Å²) in [4.78, 5) is 14.7. The van der Waals surface area contributed by atoms with E-state index in [2.05, 4.69) is 32.5 Å². The van der Waals surface area contributed by atoms with E-state index >= 15 is 0 Å². The average Bonchev–Trinajstić information content (AvgIpc) is 3.29. The highest BCUT2D eigenvalue weighted by Crippen LogP contribution is 2.18. The van der Waals surface area contributed by atoms with E-state index in [4.69, 9.17) is 4.42 Å². The van der Waals surface area contributed by atoms with Crippen LogP contribution in [0.5, 0.6) is 0 Å². The average molecular weight is 497 g/mol. The highest BCUT2D eigenvalue weighted by Gasteiger charge is 2.06. The zero-order valence-electron chi connectivity index (χ0n) is 15.4. The van der Waals surface area contributed by atoms with E-state index in [0.29, 0.717) is 12.4 Å². The fraction of sp³-hybridized carbons (Fsp3) is 0.316. The van der Waals surface area contributed by atoms with Crippen LogP contribution in [-0.2, 0) is 13.0 Å². The number of aromatic nitrogens is 2. The van der Waals surface area contributed by atoms with Crippen LogP contribution in [0.25, 0.3) is 11.5 Å². The van der Waals surface area contributed by atoms with Gasteiger partial charge in [-0.05, 0) is 26.0 Å². The minimum atomic E-state index is 0. The number of halogens is 1. The van der Waals surface area contributed by atoms with E-state index in [9.17, 15) is 0 Å². The fourth-order valence-corrected chi connectivity index (χ4v) is 3.19. The van der Waals surface area contributed by atoms with Crippen LogP contribution in [0, 0.1) is 6.92 Å². The molecule has 0 saturated carbocycles. The first-order valence-corrected chi connectivity index (χ1v) is 9.49. The molecule has 0 saturated heterocycles. The number of rotatable bonds is 7. The molecule has 2 aromatic heterocycles. The van der Waals surface area contributed by atoms with Gasteiger partial charge in [0.15, 0.2) is 5.96 Å². The second-order valence-electron chi connectivity index (χ2n) is 5.75. The van der Waals surface area contributed by atoms with Crippen LogP contribution in [0.2, 0.25) is 0 Å². The Morgan fingerprint density at radius 2 is 2.04 bits per heavy atom. The van der Waals surface area contributed by atoms with Gasteiger partial charge in [0.05, 0.1) is 11.6 Å². The van der Waals surface area contributed by atoms with E-state index in [1.54, 1.807) is 17.6 Å². The van der Waals surface area contributed by atoms with E-state index < -0.39 is 0 Å². The Hall–Kier alpha value is -1.94. The summed E-state index contributed by atoms with van der Waals surface area (Å²) < 4.78 is 5.56. The van der Waals surface area contributed by atoms with Crippen molar-refractivity contribution in [2.45, 2.75) is 26.8 Å². The van der Waals surface area contributed by atoms with Crippen molar-refractivity contribution in [3.05, 3.63) is 58.4 Å². The predicted molar refractivity (Wildman–Crippen MR) is 121 cm³/mol. The molecule has 2 heterocycles. The Kier molecular flexibility index (Phi) is 8.73. The molecule has 0 bridgehead atoms. The molecule has 0 fully saturated rings. The molecule has 3 rings (SSSR count). The van der Waals surface area contributed by atoms with Crippen LogP contribution >= 0.6 is 35.3 Å². The Labute approximate surface area is 180 Å². The number of guanidine groups is 1. The zero-order valence-corrected chi connectivity index (χ0v) is 18.6. The topological polar surface area (TPSA) is 75.3 Å². The number of thiazole rings is 1. The third-order valence-corrected chi connectivity index (χ3v) is 4.59. The molecule has 1 aromatic carbocycles. The van der Waals surface area contributed by atoms with Gasteiger partial charge in [0.25, 0.3) is 0 Å². The summed E-state index contributed by atoms with van der Waals surface area (Å²) in [6, 6.07) is 9.86. The lowest BCUT2D eigenvalue weighted by Crippen LogP contribution is -2.38. The van der Waals surface area contributed by atoms with Gasteiger partial charge in [-0.2, -0.15) is 0 Å². The van der Waals surface area contributed by atoms with Gasteiger partial charge in [-0.15, -0.1) is 35.3 Å². The number of nitrogens with zero attached hydrogens (tertiary/aromatic N) is 3. The molecule has 2 N–H and O–H groups in total. The predicted octanol–water partition coefficient (Wildman–Crippen LogP) is 4.02. The van der Waals surface area contributed by atoms with E-state index in [0.717, 1.165) is 41.7 Å². The van der Waals surface area contributed by atoms with Crippen LogP contribution < -0.4 is 10.6 Å². The molecule has 27 heavy (non-hydrogen) atoms. The van der Waals surface area contributed by atoms with Crippen molar-refractivity contribution in [2.24, 2.45) is 4.99 Å². The second kappa shape index (κ2) is 11.0. The lowest BCUT2D eigenvalue weighted by atomic mass is 10.2. The summed E-state index contributed by atoms with van der Waals surface area (Å²) in [7, 11) is 0. The van der Waals surface area contributed by atoms with Crippen LogP contribution in [0.1, 0.15) is 22.5 Å². The molecule has 0 amide bonds. The third-order valence-electron chi connectivity index (χ3n) is 3.62. The van der Waals surface area contributed by atoms with Crippen molar-refractivity contribution in [1.29, 1.82) is 0 Å². The van der Waals surface area contributed by atoms with Crippen molar-refractivity contribution in [3.8, 4) is 11.5 Å². The van der Waals surface area contributed by atoms with Gasteiger partial charge in [0.2, 0.25) is 5.89 Å². The van der Waals surface area contributed by atoms with Crippen LogP contribution in [0.4, 0.5) is 0 Å².